The van der Waals surface area contributed by atoms with Crippen LogP contribution in [0.5, 0.6) is 11.5 Å². The van der Waals surface area contributed by atoms with Gasteiger partial charge in [0.05, 0.1) is 13.7 Å². The molecule has 1 aliphatic carbocycles. The first-order chi connectivity index (χ1) is 18.2. The van der Waals surface area contributed by atoms with E-state index in [1.807, 2.05) is 61.5 Å². The molecule has 1 fully saturated rings. The topological polar surface area (TPSA) is 48.0 Å². The Hall–Kier alpha value is -3.09. The van der Waals surface area contributed by atoms with Crippen LogP contribution in [0.1, 0.15) is 43.0 Å². The van der Waals surface area contributed by atoms with E-state index < -0.39 is 0 Å². The minimum atomic E-state index is -0.212. The fourth-order valence-corrected chi connectivity index (χ4v) is 6.33. The standard InChI is InChI=1S/C31H35NO4S/c1-3-35-26-15-16-27-28(21-26)37-31(23-9-11-24(34-2)12-10-23)29(27)30(33)22-7-13-25(14-8-22)36-20-19-32-17-5-4-6-18-32/h7,9-16,21-22H,3-6,8,17-20H2,1-2H3. The molecule has 2 aromatic carbocycles. The molecule has 2 heterocycles. The van der Waals surface area contributed by atoms with E-state index in [0.717, 1.165) is 49.9 Å². The lowest BCUT2D eigenvalue weighted by molar-refractivity contribution is 0.0945. The van der Waals surface area contributed by atoms with Crippen LogP contribution in [0, 0.1) is 5.92 Å². The Labute approximate surface area is 223 Å². The number of nitrogens with zero attached hydrogens (tertiary/aromatic N) is 1. The predicted molar refractivity (Wildman–Crippen MR) is 151 cm³/mol. The molecule has 5 nitrogen and oxygen atoms in total. The normalized spacial score (nSPS) is 18.0. The zero-order valence-electron chi connectivity index (χ0n) is 21.7. The molecule has 0 radical (unpaired) electrons. The number of carbonyl (C=O) groups is 1. The summed E-state index contributed by atoms with van der Waals surface area (Å²) in [5.74, 6) is 2.41. The Morgan fingerprint density at radius 1 is 1.03 bits per heavy atom. The van der Waals surface area contributed by atoms with Crippen molar-refractivity contribution < 1.29 is 19.0 Å². The molecule has 5 rings (SSSR count). The first-order valence-corrected chi connectivity index (χ1v) is 14.1. The van der Waals surface area contributed by atoms with Crippen LogP contribution < -0.4 is 9.47 Å². The van der Waals surface area contributed by atoms with E-state index in [4.69, 9.17) is 14.2 Å². The number of allylic oxidation sites excluding steroid dienone is 3. The molecular formula is C31H35NO4S. The maximum atomic E-state index is 14.0. The number of rotatable bonds is 10. The highest BCUT2D eigenvalue weighted by Crippen LogP contribution is 2.42. The summed E-state index contributed by atoms with van der Waals surface area (Å²) in [5, 5.41) is 0.977. The first-order valence-electron chi connectivity index (χ1n) is 13.3. The summed E-state index contributed by atoms with van der Waals surface area (Å²) >= 11 is 1.64. The van der Waals surface area contributed by atoms with Crippen LogP contribution in [0.25, 0.3) is 20.5 Å². The second-order valence-corrected chi connectivity index (χ2v) is 10.6. The lowest BCUT2D eigenvalue weighted by Gasteiger charge is -2.26. The summed E-state index contributed by atoms with van der Waals surface area (Å²) in [7, 11) is 1.66. The molecule has 194 valence electrons. The molecule has 1 aromatic heterocycles. The van der Waals surface area contributed by atoms with Gasteiger partial charge in [0.2, 0.25) is 0 Å². The van der Waals surface area contributed by atoms with E-state index in [9.17, 15) is 4.79 Å². The lowest BCUT2D eigenvalue weighted by Crippen LogP contribution is -2.32. The van der Waals surface area contributed by atoms with Gasteiger partial charge >= 0.3 is 0 Å². The zero-order chi connectivity index (χ0) is 25.6. The number of thiophene rings is 1. The summed E-state index contributed by atoms with van der Waals surface area (Å²) in [6.07, 6.45) is 10.6. The summed E-state index contributed by atoms with van der Waals surface area (Å²) in [5.41, 5.74) is 1.80. The minimum absolute atomic E-state index is 0.140. The number of fused-ring (bicyclic) bond motifs is 1. The number of likely N-dealkylation sites (tertiary alicyclic amines) is 1. The van der Waals surface area contributed by atoms with Crippen LogP contribution in [-0.4, -0.2) is 50.6 Å². The summed E-state index contributed by atoms with van der Waals surface area (Å²) in [6.45, 7) is 6.58. The Morgan fingerprint density at radius 2 is 1.81 bits per heavy atom. The maximum absolute atomic E-state index is 14.0. The van der Waals surface area contributed by atoms with Crippen LogP contribution in [0.15, 0.2) is 66.5 Å². The smallest absolute Gasteiger partial charge is 0.172 e. The van der Waals surface area contributed by atoms with Crippen molar-refractivity contribution in [2.75, 3.05) is 40.0 Å². The minimum Gasteiger partial charge on any atom is -0.497 e. The molecule has 0 amide bonds. The van der Waals surface area contributed by atoms with Gasteiger partial charge in [-0.3, -0.25) is 9.69 Å². The van der Waals surface area contributed by atoms with Crippen LogP contribution >= 0.6 is 11.3 Å². The number of Topliss-reactive ketones (excluding diaryl/α,β-unsaturated/α-hetero) is 1. The molecule has 0 N–H and O–H groups in total. The fraction of sp³-hybridized carbons (Fsp3) is 0.387. The monoisotopic (exact) mass is 517 g/mol. The largest absolute Gasteiger partial charge is 0.497 e. The summed E-state index contributed by atoms with van der Waals surface area (Å²) in [6, 6.07) is 13.9. The van der Waals surface area contributed by atoms with Crippen molar-refractivity contribution in [3.63, 3.8) is 0 Å². The van der Waals surface area contributed by atoms with E-state index in [-0.39, 0.29) is 11.7 Å². The van der Waals surface area contributed by atoms with Gasteiger partial charge in [0.15, 0.2) is 5.78 Å². The average molecular weight is 518 g/mol. The quantitative estimate of drug-likeness (QED) is 0.268. The molecule has 6 heteroatoms. The van der Waals surface area contributed by atoms with Crippen molar-refractivity contribution >= 4 is 27.2 Å². The highest BCUT2D eigenvalue weighted by atomic mass is 32.1. The fourth-order valence-electron chi connectivity index (χ4n) is 5.09. The maximum Gasteiger partial charge on any atom is 0.172 e. The van der Waals surface area contributed by atoms with E-state index in [0.29, 0.717) is 19.6 Å². The van der Waals surface area contributed by atoms with E-state index in [2.05, 4.69) is 11.0 Å². The van der Waals surface area contributed by atoms with Crippen molar-refractivity contribution in [1.82, 2.24) is 4.90 Å². The van der Waals surface area contributed by atoms with Crippen LogP contribution in [0.2, 0.25) is 0 Å². The highest BCUT2D eigenvalue weighted by Gasteiger charge is 2.27. The van der Waals surface area contributed by atoms with Gasteiger partial charge in [0, 0.05) is 33.0 Å². The van der Waals surface area contributed by atoms with Gasteiger partial charge < -0.3 is 14.2 Å². The van der Waals surface area contributed by atoms with Gasteiger partial charge in [0.25, 0.3) is 0 Å². The van der Waals surface area contributed by atoms with Gasteiger partial charge in [-0.05, 0) is 99.5 Å². The van der Waals surface area contributed by atoms with Crippen molar-refractivity contribution in [1.29, 1.82) is 0 Å². The molecule has 1 saturated heterocycles. The van der Waals surface area contributed by atoms with Crippen molar-refractivity contribution in [2.45, 2.75) is 32.6 Å². The van der Waals surface area contributed by atoms with Crippen molar-refractivity contribution in [3.8, 4) is 21.9 Å². The summed E-state index contributed by atoms with van der Waals surface area (Å²) < 4.78 is 18.1. The first kappa shape index (κ1) is 25.6. The van der Waals surface area contributed by atoms with Gasteiger partial charge in [0.1, 0.15) is 23.9 Å². The Bertz CT molecular complexity index is 1280. The lowest BCUT2D eigenvalue weighted by atomic mass is 9.89. The predicted octanol–water partition coefficient (Wildman–Crippen LogP) is 7.12. The highest BCUT2D eigenvalue weighted by molar-refractivity contribution is 7.22. The molecular weight excluding hydrogens is 482 g/mol. The van der Waals surface area contributed by atoms with E-state index in [1.165, 1.54) is 32.4 Å². The van der Waals surface area contributed by atoms with E-state index in [1.54, 1.807) is 18.4 Å². The molecule has 0 bridgehead atoms. The third-order valence-corrected chi connectivity index (χ3v) is 8.30. The molecule has 3 aromatic rings. The Morgan fingerprint density at radius 3 is 2.51 bits per heavy atom. The Balaban J connectivity index is 1.35. The second kappa shape index (κ2) is 12.0. The number of hydrogen-bond donors (Lipinski definition) is 0. The van der Waals surface area contributed by atoms with Crippen molar-refractivity contribution in [3.05, 3.63) is 72.0 Å². The zero-order valence-corrected chi connectivity index (χ0v) is 22.5. The SMILES string of the molecule is CCOc1ccc2c(C(=O)C3C=CC(OCCN4CCCCC4)=CC3)c(-c3ccc(OC)cc3)sc2c1. The second-order valence-electron chi connectivity index (χ2n) is 9.55. The molecule has 0 saturated carbocycles. The molecule has 1 unspecified atom stereocenters. The number of carbonyl (C=O) groups excluding carboxylic acids is 1. The number of ether oxygens (including phenoxy) is 3. The van der Waals surface area contributed by atoms with Gasteiger partial charge in [-0.2, -0.15) is 0 Å². The van der Waals surface area contributed by atoms with Crippen LogP contribution in [0.4, 0.5) is 0 Å². The van der Waals surface area contributed by atoms with Crippen molar-refractivity contribution in [2.24, 2.45) is 5.92 Å². The number of methoxy groups -OCH3 is 1. The molecule has 1 aliphatic heterocycles. The Kier molecular flexibility index (Phi) is 8.27. The van der Waals surface area contributed by atoms with Crippen LogP contribution in [-0.2, 0) is 4.74 Å². The molecule has 2 aliphatic rings. The third-order valence-electron chi connectivity index (χ3n) is 7.10. The van der Waals surface area contributed by atoms with Gasteiger partial charge in [-0.1, -0.05) is 12.5 Å². The van der Waals surface area contributed by atoms with Gasteiger partial charge in [-0.15, -0.1) is 11.3 Å². The van der Waals surface area contributed by atoms with Crippen LogP contribution in [0.3, 0.4) is 0 Å². The molecule has 0 spiro atoms. The number of piperidine rings is 1. The number of ketones is 1. The number of hydrogen-bond acceptors (Lipinski definition) is 6. The summed E-state index contributed by atoms with van der Waals surface area (Å²) in [4.78, 5) is 17.4. The number of benzene rings is 2. The average Bonchev–Trinajstić information content (AvgIpc) is 3.32. The molecule has 37 heavy (non-hydrogen) atoms. The van der Waals surface area contributed by atoms with E-state index >= 15 is 0 Å². The molecule has 1 atom stereocenters. The third kappa shape index (κ3) is 5.91. The van der Waals surface area contributed by atoms with Gasteiger partial charge in [-0.25, -0.2) is 0 Å².